The Bertz CT molecular complexity index is 1130. The minimum absolute atomic E-state index is 0.173. The molecule has 0 aliphatic carbocycles. The third kappa shape index (κ3) is 3.98. The van der Waals surface area contributed by atoms with Crippen molar-refractivity contribution in [3.05, 3.63) is 88.4 Å². The summed E-state index contributed by atoms with van der Waals surface area (Å²) in [7, 11) is 0. The van der Waals surface area contributed by atoms with Gasteiger partial charge in [-0.2, -0.15) is 0 Å². The van der Waals surface area contributed by atoms with E-state index in [0.29, 0.717) is 23.0 Å². The zero-order valence-electron chi connectivity index (χ0n) is 16.2. The van der Waals surface area contributed by atoms with E-state index in [2.05, 4.69) is 29.5 Å². The number of nitrogens with zero attached hydrogens (tertiary/aromatic N) is 1. The summed E-state index contributed by atoms with van der Waals surface area (Å²) in [5.41, 5.74) is 6.41. The number of phenolic OH excluding ortho intramolecular Hbond substituents is 1. The minimum atomic E-state index is 0.173. The third-order valence-corrected chi connectivity index (χ3v) is 5.19. The summed E-state index contributed by atoms with van der Waals surface area (Å²) in [5.74, 6) is 0.779. The van der Waals surface area contributed by atoms with Crippen molar-refractivity contribution in [2.45, 2.75) is 20.4 Å². The smallest absolute Gasteiger partial charge is 0.172 e. The molecule has 1 heterocycles. The molecule has 2 N–H and O–H groups in total. The van der Waals surface area contributed by atoms with E-state index >= 15 is 0 Å². The van der Waals surface area contributed by atoms with Crippen molar-refractivity contribution < 1.29 is 9.63 Å². The number of hydrogen-bond acceptors (Lipinski definition) is 4. The molecule has 4 rings (SSSR count). The van der Waals surface area contributed by atoms with E-state index in [0.717, 1.165) is 27.9 Å². The molecular formula is C24H21ClN2O2. The highest BCUT2D eigenvalue weighted by Crippen LogP contribution is 2.38. The van der Waals surface area contributed by atoms with Gasteiger partial charge < -0.3 is 14.9 Å². The molecule has 0 amide bonds. The van der Waals surface area contributed by atoms with Gasteiger partial charge in [0, 0.05) is 28.9 Å². The molecule has 29 heavy (non-hydrogen) atoms. The van der Waals surface area contributed by atoms with Crippen LogP contribution in [0.25, 0.3) is 22.6 Å². The predicted molar refractivity (Wildman–Crippen MR) is 117 cm³/mol. The fraction of sp³-hybridized carbons (Fsp3) is 0.125. The first-order valence-electron chi connectivity index (χ1n) is 9.37. The van der Waals surface area contributed by atoms with Crippen molar-refractivity contribution in [3.8, 4) is 28.3 Å². The Morgan fingerprint density at radius 2 is 1.76 bits per heavy atom. The summed E-state index contributed by atoms with van der Waals surface area (Å²) in [5, 5.41) is 18.3. The van der Waals surface area contributed by atoms with Gasteiger partial charge in [-0.05, 0) is 49.7 Å². The number of halogens is 1. The van der Waals surface area contributed by atoms with Crippen LogP contribution in [-0.4, -0.2) is 10.3 Å². The number of aromatic hydroxyl groups is 1. The zero-order chi connectivity index (χ0) is 20.4. The van der Waals surface area contributed by atoms with Crippen LogP contribution in [-0.2, 0) is 6.54 Å². The van der Waals surface area contributed by atoms with Crippen LogP contribution < -0.4 is 5.32 Å². The van der Waals surface area contributed by atoms with E-state index in [1.807, 2.05) is 43.3 Å². The second-order valence-corrected chi connectivity index (χ2v) is 7.45. The van der Waals surface area contributed by atoms with E-state index in [1.54, 1.807) is 18.2 Å². The lowest BCUT2D eigenvalue weighted by molar-refractivity contribution is 0.433. The number of benzene rings is 3. The van der Waals surface area contributed by atoms with Gasteiger partial charge in [0.05, 0.1) is 5.02 Å². The number of aromatic nitrogens is 1. The van der Waals surface area contributed by atoms with Gasteiger partial charge in [0.25, 0.3) is 0 Å². The van der Waals surface area contributed by atoms with Gasteiger partial charge in [-0.25, -0.2) is 0 Å². The van der Waals surface area contributed by atoms with Crippen LogP contribution in [0.5, 0.6) is 5.75 Å². The Hall–Kier alpha value is -3.24. The highest BCUT2D eigenvalue weighted by atomic mass is 35.5. The van der Waals surface area contributed by atoms with E-state index in [9.17, 15) is 5.11 Å². The molecule has 146 valence electrons. The number of rotatable bonds is 5. The molecule has 1 aromatic heterocycles. The molecule has 3 aromatic carbocycles. The van der Waals surface area contributed by atoms with Crippen LogP contribution in [0.2, 0.25) is 5.02 Å². The average Bonchev–Trinajstić information content (AvgIpc) is 3.11. The quantitative estimate of drug-likeness (QED) is 0.393. The van der Waals surface area contributed by atoms with Crippen LogP contribution >= 0.6 is 11.6 Å². The molecule has 0 fully saturated rings. The van der Waals surface area contributed by atoms with Crippen LogP contribution in [0, 0.1) is 13.8 Å². The molecule has 4 nitrogen and oxygen atoms in total. The lowest BCUT2D eigenvalue weighted by Crippen LogP contribution is -2.02. The SMILES string of the molecule is Cc1ccc(NCc2c(-c3c(C)cccc3Cl)noc2-c2cccc(O)c2)cc1. The van der Waals surface area contributed by atoms with Gasteiger partial charge >= 0.3 is 0 Å². The molecule has 0 unspecified atom stereocenters. The maximum Gasteiger partial charge on any atom is 0.172 e. The maximum atomic E-state index is 9.91. The minimum Gasteiger partial charge on any atom is -0.508 e. The van der Waals surface area contributed by atoms with Crippen molar-refractivity contribution in [1.29, 1.82) is 0 Å². The summed E-state index contributed by atoms with van der Waals surface area (Å²) in [4.78, 5) is 0. The lowest BCUT2D eigenvalue weighted by Gasteiger charge is -2.11. The second-order valence-electron chi connectivity index (χ2n) is 7.04. The summed E-state index contributed by atoms with van der Waals surface area (Å²) in [6.45, 7) is 4.56. The van der Waals surface area contributed by atoms with E-state index in [4.69, 9.17) is 16.1 Å². The normalized spacial score (nSPS) is 10.9. The standard InChI is InChI=1S/C24H21ClN2O2/c1-15-9-11-18(12-10-15)26-14-20-23(22-16(2)5-3-8-21(22)25)27-29-24(20)17-6-4-7-19(28)13-17/h3-13,26,28H,14H2,1-2H3. The van der Waals surface area contributed by atoms with Gasteiger partial charge in [0.2, 0.25) is 0 Å². The second kappa shape index (κ2) is 8.02. The monoisotopic (exact) mass is 404 g/mol. The molecule has 0 saturated heterocycles. The molecule has 0 aliphatic rings. The molecule has 5 heteroatoms. The highest BCUT2D eigenvalue weighted by molar-refractivity contribution is 6.33. The number of nitrogens with one attached hydrogen (secondary N) is 1. The molecule has 0 aliphatic heterocycles. The van der Waals surface area contributed by atoms with Crippen LogP contribution in [0.1, 0.15) is 16.7 Å². The van der Waals surface area contributed by atoms with Crippen molar-refractivity contribution in [3.63, 3.8) is 0 Å². The summed E-state index contributed by atoms with van der Waals surface area (Å²) in [6, 6.07) is 20.9. The lowest BCUT2D eigenvalue weighted by atomic mass is 9.99. The zero-order valence-corrected chi connectivity index (χ0v) is 17.0. The van der Waals surface area contributed by atoms with Gasteiger partial charge in [-0.3, -0.25) is 0 Å². The van der Waals surface area contributed by atoms with Gasteiger partial charge in [0.1, 0.15) is 11.4 Å². The van der Waals surface area contributed by atoms with Gasteiger partial charge in [-0.15, -0.1) is 0 Å². The number of aryl methyl sites for hydroxylation is 2. The van der Waals surface area contributed by atoms with E-state index in [-0.39, 0.29) is 5.75 Å². The molecule has 0 saturated carbocycles. The van der Waals surface area contributed by atoms with Crippen molar-refractivity contribution in [2.75, 3.05) is 5.32 Å². The Balaban J connectivity index is 1.80. The first kappa shape index (κ1) is 19.1. The number of hydrogen-bond donors (Lipinski definition) is 2. The Morgan fingerprint density at radius 3 is 2.48 bits per heavy atom. The largest absolute Gasteiger partial charge is 0.508 e. The Morgan fingerprint density at radius 1 is 1.00 bits per heavy atom. The maximum absolute atomic E-state index is 9.91. The van der Waals surface area contributed by atoms with Crippen LogP contribution in [0.15, 0.2) is 71.3 Å². The van der Waals surface area contributed by atoms with E-state index in [1.165, 1.54) is 5.56 Å². The van der Waals surface area contributed by atoms with Crippen LogP contribution in [0.4, 0.5) is 5.69 Å². The average molecular weight is 405 g/mol. The topological polar surface area (TPSA) is 58.3 Å². The van der Waals surface area contributed by atoms with Crippen molar-refractivity contribution in [1.82, 2.24) is 5.16 Å². The predicted octanol–water partition coefficient (Wildman–Crippen LogP) is 6.60. The molecular weight excluding hydrogens is 384 g/mol. The number of anilines is 1. The molecule has 4 aromatic rings. The van der Waals surface area contributed by atoms with Gasteiger partial charge in [0.15, 0.2) is 5.76 Å². The van der Waals surface area contributed by atoms with E-state index < -0.39 is 0 Å². The first-order chi connectivity index (χ1) is 14.0. The first-order valence-corrected chi connectivity index (χ1v) is 9.74. The van der Waals surface area contributed by atoms with Crippen molar-refractivity contribution in [2.24, 2.45) is 0 Å². The molecule has 0 atom stereocenters. The summed E-state index contributed by atoms with van der Waals surface area (Å²) >= 11 is 6.51. The van der Waals surface area contributed by atoms with Crippen LogP contribution in [0.3, 0.4) is 0 Å². The molecule has 0 bridgehead atoms. The van der Waals surface area contributed by atoms with Gasteiger partial charge in [-0.1, -0.05) is 58.7 Å². The highest BCUT2D eigenvalue weighted by Gasteiger charge is 2.22. The molecule has 0 spiro atoms. The Labute approximate surface area is 174 Å². The molecule has 0 radical (unpaired) electrons. The third-order valence-electron chi connectivity index (χ3n) is 4.88. The fourth-order valence-electron chi connectivity index (χ4n) is 3.34. The summed E-state index contributed by atoms with van der Waals surface area (Å²) in [6.07, 6.45) is 0. The van der Waals surface area contributed by atoms with Crippen molar-refractivity contribution >= 4 is 17.3 Å². The fourth-order valence-corrected chi connectivity index (χ4v) is 3.65. The Kier molecular flexibility index (Phi) is 5.28. The summed E-state index contributed by atoms with van der Waals surface area (Å²) < 4.78 is 5.75. The number of phenols is 1.